The molecule has 5 nitrogen and oxygen atoms in total. The fourth-order valence-corrected chi connectivity index (χ4v) is 2.92. The van der Waals surface area contributed by atoms with Gasteiger partial charge in [0.2, 0.25) is 5.91 Å². The monoisotopic (exact) mass is 454 g/mol. The van der Waals surface area contributed by atoms with Gasteiger partial charge >= 0.3 is 12.4 Å². The summed E-state index contributed by atoms with van der Waals surface area (Å²) in [6.07, 6.45) is -3.14. The van der Waals surface area contributed by atoms with Crippen molar-refractivity contribution in [1.82, 2.24) is 14.8 Å². The number of benzene rings is 1. The van der Waals surface area contributed by atoms with Crippen LogP contribution >= 0.6 is 0 Å². The third kappa shape index (κ3) is 5.54. The van der Waals surface area contributed by atoms with E-state index < -0.39 is 35.4 Å². The van der Waals surface area contributed by atoms with Gasteiger partial charge in [0, 0.05) is 18.5 Å². The number of aromatic nitrogens is 3. The maximum Gasteiger partial charge on any atom is 0.416 e. The maximum absolute atomic E-state index is 13.4. The zero-order valence-electron chi connectivity index (χ0n) is 16.4. The largest absolute Gasteiger partial charge is 0.416 e. The normalized spacial score (nSPS) is 13.3. The van der Waals surface area contributed by atoms with Gasteiger partial charge in [-0.25, -0.2) is 0 Å². The molecular weight excluding hydrogens is 438 g/mol. The molecule has 1 aromatic carbocycles. The van der Waals surface area contributed by atoms with Crippen LogP contribution in [-0.4, -0.2) is 20.7 Å². The van der Waals surface area contributed by atoms with Gasteiger partial charge in [0.05, 0.1) is 34.7 Å². The first kappa shape index (κ1) is 23.0. The molecule has 2 aromatic heterocycles. The Bertz CT molecular complexity index is 1120. The number of pyridine rings is 1. The minimum atomic E-state index is -4.99. The van der Waals surface area contributed by atoms with Crippen LogP contribution in [0.5, 0.6) is 0 Å². The summed E-state index contributed by atoms with van der Waals surface area (Å²) in [5, 5.41) is 6.44. The molecule has 0 fully saturated rings. The predicted molar refractivity (Wildman–Crippen MR) is 104 cm³/mol. The van der Waals surface area contributed by atoms with Crippen molar-refractivity contribution in [3.63, 3.8) is 0 Å². The SMILES string of the molecule is CC(c1ccc(C(F)(F)F)cc1C(F)(F)F)n1cc(NC(=O)/C=C/c2ccccn2)cn1. The average molecular weight is 454 g/mol. The molecule has 1 unspecified atom stereocenters. The quantitative estimate of drug-likeness (QED) is 0.405. The number of halogens is 6. The Morgan fingerprint density at radius 1 is 1.09 bits per heavy atom. The number of hydrogen-bond donors (Lipinski definition) is 1. The third-order valence-corrected chi connectivity index (χ3v) is 4.50. The fraction of sp³-hybridized carbons (Fsp3) is 0.190. The molecule has 0 aliphatic carbocycles. The van der Waals surface area contributed by atoms with E-state index in [1.165, 1.54) is 31.5 Å². The van der Waals surface area contributed by atoms with E-state index >= 15 is 0 Å². The summed E-state index contributed by atoms with van der Waals surface area (Å²) in [6.45, 7) is 1.36. The van der Waals surface area contributed by atoms with Crippen LogP contribution in [0, 0.1) is 0 Å². The standard InChI is InChI=1S/C21H16F6N4O/c1-13(17-7-5-14(20(22,23)24)10-18(17)21(25,26)27)31-12-16(11-29-31)30-19(32)8-6-15-4-2-3-9-28-15/h2-13H,1H3,(H,30,32)/b8-6+. The molecule has 0 saturated carbocycles. The second-order valence-electron chi connectivity index (χ2n) is 6.76. The number of anilines is 1. The third-order valence-electron chi connectivity index (χ3n) is 4.50. The molecule has 11 heteroatoms. The van der Waals surface area contributed by atoms with Crippen LogP contribution in [0.25, 0.3) is 6.08 Å². The second kappa shape index (κ2) is 8.85. The average Bonchev–Trinajstić information content (AvgIpc) is 3.19. The smallest absolute Gasteiger partial charge is 0.320 e. The van der Waals surface area contributed by atoms with Crippen molar-refractivity contribution in [2.45, 2.75) is 25.3 Å². The molecule has 1 amide bonds. The lowest BCUT2D eigenvalue weighted by atomic mass is 9.98. The minimum absolute atomic E-state index is 0.0838. The van der Waals surface area contributed by atoms with Crippen LogP contribution in [0.4, 0.5) is 32.0 Å². The molecule has 1 atom stereocenters. The lowest BCUT2D eigenvalue weighted by molar-refractivity contribution is -0.143. The Balaban J connectivity index is 1.80. The molecule has 3 aromatic rings. The number of rotatable bonds is 5. The number of carbonyl (C=O) groups is 1. The molecule has 0 aliphatic heterocycles. The molecule has 3 rings (SSSR count). The van der Waals surface area contributed by atoms with Gasteiger partial charge < -0.3 is 5.32 Å². The van der Waals surface area contributed by atoms with E-state index in [-0.39, 0.29) is 17.3 Å². The molecule has 1 N–H and O–H groups in total. The molecule has 0 radical (unpaired) electrons. The lowest BCUT2D eigenvalue weighted by Crippen LogP contribution is -2.17. The zero-order chi connectivity index (χ0) is 23.5. The van der Waals surface area contributed by atoms with Crippen molar-refractivity contribution >= 4 is 17.7 Å². The first-order valence-electron chi connectivity index (χ1n) is 9.18. The zero-order valence-corrected chi connectivity index (χ0v) is 16.4. The first-order valence-corrected chi connectivity index (χ1v) is 9.18. The Labute approximate surface area is 178 Å². The Kier molecular flexibility index (Phi) is 6.37. The van der Waals surface area contributed by atoms with Gasteiger partial charge in [-0.1, -0.05) is 12.1 Å². The highest BCUT2D eigenvalue weighted by Crippen LogP contribution is 2.39. The summed E-state index contributed by atoms with van der Waals surface area (Å²) in [6, 6.07) is 5.55. The van der Waals surface area contributed by atoms with Crippen LogP contribution in [0.1, 0.15) is 35.3 Å². The van der Waals surface area contributed by atoms with Gasteiger partial charge in [-0.3, -0.25) is 14.5 Å². The molecule has 0 spiro atoms. The van der Waals surface area contributed by atoms with E-state index in [1.54, 1.807) is 24.4 Å². The molecule has 2 heterocycles. The Morgan fingerprint density at radius 2 is 1.84 bits per heavy atom. The first-order chi connectivity index (χ1) is 14.9. The topological polar surface area (TPSA) is 59.8 Å². The highest BCUT2D eigenvalue weighted by molar-refractivity contribution is 6.01. The minimum Gasteiger partial charge on any atom is -0.320 e. The number of alkyl halides is 6. The summed E-state index contributed by atoms with van der Waals surface area (Å²) in [4.78, 5) is 16.1. The fourth-order valence-electron chi connectivity index (χ4n) is 2.92. The lowest BCUT2D eigenvalue weighted by Gasteiger charge is -2.20. The van der Waals surface area contributed by atoms with Gasteiger partial charge in [0.1, 0.15) is 0 Å². The van der Waals surface area contributed by atoms with Crippen molar-refractivity contribution in [2.24, 2.45) is 0 Å². The summed E-state index contributed by atoms with van der Waals surface area (Å²) in [7, 11) is 0. The summed E-state index contributed by atoms with van der Waals surface area (Å²) < 4.78 is 80.0. The van der Waals surface area contributed by atoms with Gasteiger partial charge in [0.15, 0.2) is 0 Å². The van der Waals surface area contributed by atoms with E-state index in [0.29, 0.717) is 11.8 Å². The van der Waals surface area contributed by atoms with Gasteiger partial charge in [0.25, 0.3) is 0 Å². The summed E-state index contributed by atoms with van der Waals surface area (Å²) >= 11 is 0. The van der Waals surface area contributed by atoms with Gasteiger partial charge in [-0.2, -0.15) is 31.4 Å². The maximum atomic E-state index is 13.4. The number of amides is 1. The number of nitrogens with zero attached hydrogens (tertiary/aromatic N) is 3. The molecule has 32 heavy (non-hydrogen) atoms. The molecular formula is C21H16F6N4O. The predicted octanol–water partition coefficient (Wildman–Crippen LogP) is 5.58. The van der Waals surface area contributed by atoms with Gasteiger partial charge in [-0.15, -0.1) is 0 Å². The Hall–Kier alpha value is -3.63. The van der Waals surface area contributed by atoms with Crippen molar-refractivity contribution in [2.75, 3.05) is 5.32 Å². The number of hydrogen-bond acceptors (Lipinski definition) is 3. The molecule has 0 saturated heterocycles. The highest BCUT2D eigenvalue weighted by Gasteiger charge is 2.39. The van der Waals surface area contributed by atoms with Crippen molar-refractivity contribution in [3.8, 4) is 0 Å². The van der Waals surface area contributed by atoms with Crippen molar-refractivity contribution in [3.05, 3.63) is 83.4 Å². The second-order valence-corrected chi connectivity index (χ2v) is 6.76. The van der Waals surface area contributed by atoms with Crippen molar-refractivity contribution in [1.29, 1.82) is 0 Å². The molecule has 0 bridgehead atoms. The van der Waals surface area contributed by atoms with E-state index in [2.05, 4.69) is 15.4 Å². The molecule has 0 aliphatic rings. The number of nitrogens with one attached hydrogen (secondary N) is 1. The van der Waals surface area contributed by atoms with Crippen LogP contribution in [-0.2, 0) is 17.1 Å². The van der Waals surface area contributed by atoms with E-state index in [4.69, 9.17) is 0 Å². The van der Waals surface area contributed by atoms with Crippen LogP contribution in [0.3, 0.4) is 0 Å². The summed E-state index contributed by atoms with van der Waals surface area (Å²) in [5.74, 6) is -0.520. The number of carbonyl (C=O) groups excluding carboxylic acids is 1. The van der Waals surface area contributed by atoms with Crippen LogP contribution in [0.15, 0.2) is 61.1 Å². The Morgan fingerprint density at radius 3 is 2.47 bits per heavy atom. The summed E-state index contributed by atoms with van der Waals surface area (Å²) in [5.41, 5.74) is -2.43. The van der Waals surface area contributed by atoms with Gasteiger partial charge in [-0.05, 0) is 42.8 Å². The van der Waals surface area contributed by atoms with E-state index in [1.807, 2.05) is 0 Å². The van der Waals surface area contributed by atoms with E-state index in [9.17, 15) is 31.1 Å². The van der Waals surface area contributed by atoms with Crippen LogP contribution < -0.4 is 5.32 Å². The van der Waals surface area contributed by atoms with Crippen molar-refractivity contribution < 1.29 is 31.1 Å². The van der Waals surface area contributed by atoms with Crippen LogP contribution in [0.2, 0.25) is 0 Å². The highest BCUT2D eigenvalue weighted by atomic mass is 19.4. The molecule has 168 valence electrons. The van der Waals surface area contributed by atoms with E-state index in [0.717, 1.165) is 10.7 Å².